The molecular weight excluding hydrogens is 470 g/mol. The minimum Gasteiger partial charge on any atom is -0.0653 e. The van der Waals surface area contributed by atoms with E-state index in [0.717, 1.165) is 0 Å². The summed E-state index contributed by atoms with van der Waals surface area (Å²) >= 11 is 0. The Kier molecular flexibility index (Phi) is 10.5. The predicted molar refractivity (Wildman–Crippen MR) is 163 cm³/mol. The van der Waals surface area contributed by atoms with Crippen molar-refractivity contribution in [3.8, 4) is 0 Å². The van der Waals surface area contributed by atoms with E-state index < -0.39 is 15.8 Å². The lowest BCUT2D eigenvalue weighted by Gasteiger charge is -2.36. The van der Waals surface area contributed by atoms with Crippen LogP contribution < -0.4 is 21.2 Å². The molecule has 2 heteroatoms. The maximum absolute atomic E-state index is 2.34. The van der Waals surface area contributed by atoms with Gasteiger partial charge in [0.05, 0.1) is 0 Å². The molecule has 0 amide bonds. The van der Waals surface area contributed by atoms with E-state index in [2.05, 4.69) is 128 Å². The third-order valence-corrected chi connectivity index (χ3v) is 12.5. The van der Waals surface area contributed by atoms with Gasteiger partial charge in [-0.1, -0.05) is 171 Å². The SMILES string of the molecule is CCCC(P(c1ccccc1)c1ccccc1)P(c1ccccc1)c1ccccc1.c1ccccc1. The van der Waals surface area contributed by atoms with Crippen LogP contribution in [-0.4, -0.2) is 5.40 Å². The lowest BCUT2D eigenvalue weighted by molar-refractivity contribution is 0.863. The molecule has 0 spiro atoms. The van der Waals surface area contributed by atoms with Crippen molar-refractivity contribution in [3.05, 3.63) is 158 Å². The zero-order chi connectivity index (χ0) is 24.8. The van der Waals surface area contributed by atoms with Gasteiger partial charge in [-0.25, -0.2) is 0 Å². The van der Waals surface area contributed by atoms with E-state index in [1.807, 2.05) is 36.4 Å². The standard InChI is InChI=1S/C28H28P2.C6H6/c1-2-15-28(29(24-16-7-3-8-17-24)25-18-9-4-10-19-25)30(26-20-11-5-12-21-26)27-22-13-6-14-23-27;1-2-4-6-5-3-1/h3-14,16-23,28H,2,15H2,1H3;1-6H. The van der Waals surface area contributed by atoms with E-state index >= 15 is 0 Å². The van der Waals surface area contributed by atoms with Gasteiger partial charge in [0, 0.05) is 5.40 Å². The highest BCUT2D eigenvalue weighted by molar-refractivity contribution is 7.89. The monoisotopic (exact) mass is 504 g/mol. The molecule has 5 aromatic rings. The van der Waals surface area contributed by atoms with Crippen LogP contribution in [0.15, 0.2) is 158 Å². The fraction of sp³-hybridized carbons (Fsp3) is 0.118. The van der Waals surface area contributed by atoms with Crippen molar-refractivity contribution >= 4 is 37.1 Å². The molecule has 0 aliphatic carbocycles. The first-order chi connectivity index (χ1) is 17.9. The molecule has 180 valence electrons. The van der Waals surface area contributed by atoms with E-state index in [0.29, 0.717) is 5.40 Å². The first-order valence-electron chi connectivity index (χ1n) is 12.7. The summed E-state index contributed by atoms with van der Waals surface area (Å²) in [7, 11) is -0.956. The van der Waals surface area contributed by atoms with Crippen molar-refractivity contribution in [1.29, 1.82) is 0 Å². The van der Waals surface area contributed by atoms with E-state index in [9.17, 15) is 0 Å². The summed E-state index contributed by atoms with van der Waals surface area (Å²) in [5.41, 5.74) is 0. The third kappa shape index (κ3) is 7.24. The highest BCUT2D eigenvalue weighted by Gasteiger charge is 2.32. The molecular formula is C34H34P2. The van der Waals surface area contributed by atoms with Crippen LogP contribution >= 0.6 is 15.8 Å². The van der Waals surface area contributed by atoms with E-state index in [4.69, 9.17) is 0 Å². The van der Waals surface area contributed by atoms with Crippen molar-refractivity contribution < 1.29 is 0 Å². The fourth-order valence-corrected chi connectivity index (χ4v) is 11.9. The first kappa shape index (κ1) is 26.0. The van der Waals surface area contributed by atoms with E-state index in [1.165, 1.54) is 34.1 Å². The van der Waals surface area contributed by atoms with Gasteiger partial charge in [-0.05, 0) is 43.5 Å². The summed E-state index contributed by atoms with van der Waals surface area (Å²) in [5.74, 6) is 0. The number of benzene rings is 5. The lowest BCUT2D eigenvalue weighted by Crippen LogP contribution is -2.27. The van der Waals surface area contributed by atoms with Crippen molar-refractivity contribution in [3.63, 3.8) is 0 Å². The molecule has 0 saturated heterocycles. The quantitative estimate of drug-likeness (QED) is 0.188. The normalized spacial score (nSPS) is 10.8. The van der Waals surface area contributed by atoms with Crippen LogP contribution in [0.2, 0.25) is 0 Å². The van der Waals surface area contributed by atoms with Gasteiger partial charge < -0.3 is 0 Å². The molecule has 0 fully saturated rings. The number of hydrogen-bond donors (Lipinski definition) is 0. The molecule has 36 heavy (non-hydrogen) atoms. The van der Waals surface area contributed by atoms with Crippen LogP contribution in [0.4, 0.5) is 0 Å². The minimum atomic E-state index is -0.478. The molecule has 5 rings (SSSR count). The Morgan fingerprint density at radius 2 is 0.611 bits per heavy atom. The summed E-state index contributed by atoms with van der Waals surface area (Å²) < 4.78 is 0. The van der Waals surface area contributed by atoms with Gasteiger partial charge in [0.1, 0.15) is 0 Å². The van der Waals surface area contributed by atoms with Crippen LogP contribution in [-0.2, 0) is 0 Å². The molecule has 0 radical (unpaired) electrons. The van der Waals surface area contributed by atoms with Crippen molar-refractivity contribution in [2.75, 3.05) is 0 Å². The van der Waals surface area contributed by atoms with Gasteiger partial charge in [0.25, 0.3) is 0 Å². The zero-order valence-corrected chi connectivity index (χ0v) is 22.7. The van der Waals surface area contributed by atoms with Crippen LogP contribution in [0.5, 0.6) is 0 Å². The van der Waals surface area contributed by atoms with Crippen LogP contribution in [0.1, 0.15) is 19.8 Å². The average Bonchev–Trinajstić information content (AvgIpc) is 2.97. The first-order valence-corrected chi connectivity index (χ1v) is 15.5. The molecule has 0 nitrogen and oxygen atoms in total. The Bertz CT molecular complexity index is 1040. The molecule has 5 aromatic carbocycles. The Morgan fingerprint density at radius 3 is 0.833 bits per heavy atom. The highest BCUT2D eigenvalue weighted by Crippen LogP contribution is 2.58. The Hall–Kier alpha value is -3.04. The second kappa shape index (κ2) is 14.5. The minimum absolute atomic E-state index is 0.478. The van der Waals surface area contributed by atoms with Gasteiger partial charge >= 0.3 is 0 Å². The van der Waals surface area contributed by atoms with Gasteiger partial charge in [-0.15, -0.1) is 0 Å². The smallest absolute Gasteiger partial charge is 0.0154 e. The van der Waals surface area contributed by atoms with Gasteiger partial charge in [0.2, 0.25) is 0 Å². The molecule has 0 unspecified atom stereocenters. The zero-order valence-electron chi connectivity index (χ0n) is 20.9. The largest absolute Gasteiger partial charge is 0.0653 e. The second-order valence-electron chi connectivity index (χ2n) is 8.51. The Balaban J connectivity index is 0.000000445. The predicted octanol–water partition coefficient (Wildman–Crippen LogP) is 8.07. The summed E-state index contributed by atoms with van der Waals surface area (Å²) in [6.07, 6.45) is 2.42. The van der Waals surface area contributed by atoms with Crippen LogP contribution in [0, 0.1) is 0 Å². The van der Waals surface area contributed by atoms with Crippen molar-refractivity contribution in [1.82, 2.24) is 0 Å². The third-order valence-electron chi connectivity index (χ3n) is 5.95. The van der Waals surface area contributed by atoms with E-state index in [1.54, 1.807) is 0 Å². The number of hydrogen-bond acceptors (Lipinski definition) is 0. The van der Waals surface area contributed by atoms with Gasteiger partial charge in [-0.3, -0.25) is 0 Å². The van der Waals surface area contributed by atoms with E-state index in [-0.39, 0.29) is 0 Å². The molecule has 0 atom stereocenters. The van der Waals surface area contributed by atoms with Crippen molar-refractivity contribution in [2.24, 2.45) is 0 Å². The number of rotatable bonds is 8. The summed E-state index contributed by atoms with van der Waals surface area (Å²) in [6.45, 7) is 2.33. The van der Waals surface area contributed by atoms with Crippen LogP contribution in [0.3, 0.4) is 0 Å². The fourth-order valence-electron chi connectivity index (χ4n) is 4.36. The lowest BCUT2D eigenvalue weighted by atomic mass is 10.4. The van der Waals surface area contributed by atoms with Crippen LogP contribution in [0.25, 0.3) is 0 Å². The molecule has 0 N–H and O–H groups in total. The molecule has 0 aliphatic rings. The Morgan fingerprint density at radius 1 is 0.389 bits per heavy atom. The topological polar surface area (TPSA) is 0 Å². The summed E-state index contributed by atoms with van der Waals surface area (Å²) in [6, 6.07) is 56.8. The average molecular weight is 505 g/mol. The molecule has 0 aromatic heterocycles. The maximum atomic E-state index is 2.34. The highest BCUT2D eigenvalue weighted by atomic mass is 31.2. The summed E-state index contributed by atoms with van der Waals surface area (Å²) in [5, 5.41) is 6.52. The van der Waals surface area contributed by atoms with Crippen molar-refractivity contribution in [2.45, 2.75) is 25.2 Å². The maximum Gasteiger partial charge on any atom is 0.0154 e. The molecule has 0 aliphatic heterocycles. The second-order valence-corrected chi connectivity index (χ2v) is 13.7. The Labute approximate surface area is 219 Å². The van der Waals surface area contributed by atoms with Gasteiger partial charge in [-0.2, -0.15) is 0 Å². The van der Waals surface area contributed by atoms with Gasteiger partial charge in [0.15, 0.2) is 0 Å². The summed E-state index contributed by atoms with van der Waals surface area (Å²) in [4.78, 5) is 0. The molecule has 0 bridgehead atoms. The molecule has 0 saturated carbocycles. The molecule has 0 heterocycles.